The van der Waals surface area contributed by atoms with Crippen LogP contribution in [0.25, 0.3) is 11.3 Å². The topological polar surface area (TPSA) is 188 Å². The molecule has 2 aliphatic heterocycles. The molecule has 4 N–H and O–H groups in total. The molecule has 15 heteroatoms. The second-order valence-electron chi connectivity index (χ2n) is 14.6. The number of esters is 1. The van der Waals surface area contributed by atoms with Crippen molar-refractivity contribution < 1.29 is 38.5 Å². The van der Waals surface area contributed by atoms with E-state index in [0.717, 1.165) is 5.56 Å². The number of carboxylic acid groups (broad SMARTS) is 1. The van der Waals surface area contributed by atoms with Gasteiger partial charge >= 0.3 is 18.0 Å². The van der Waals surface area contributed by atoms with Crippen LogP contribution in [0, 0.1) is 17.8 Å². The Labute approximate surface area is 301 Å². The number of rotatable bonds is 10. The molecule has 0 unspecified atom stereocenters. The van der Waals surface area contributed by atoms with Gasteiger partial charge in [-0.2, -0.15) is 0 Å². The molecule has 2 saturated heterocycles. The Kier molecular flexibility index (Phi) is 12.9. The third-order valence-electron chi connectivity index (χ3n) is 10.7. The van der Waals surface area contributed by atoms with Crippen molar-refractivity contribution in [2.24, 2.45) is 17.8 Å². The Hall–Kier alpha value is -3.98. The van der Waals surface area contributed by atoms with Gasteiger partial charge in [-0.1, -0.05) is 38.1 Å². The smallest absolute Gasteiger partial charge is 0.410 e. The number of nitrogen functional groups attached to an aromatic ring is 1. The summed E-state index contributed by atoms with van der Waals surface area (Å²) in [6.07, 6.45) is 1.58. The maximum Gasteiger partial charge on any atom is 0.410 e. The summed E-state index contributed by atoms with van der Waals surface area (Å²) in [6, 6.07) is 6.52. The van der Waals surface area contributed by atoms with Crippen molar-refractivity contribution in [1.82, 2.24) is 25.2 Å². The molecule has 0 saturated carbocycles. The number of carbonyl (C=O) groups is 4. The zero-order valence-electron chi connectivity index (χ0n) is 30.8. The van der Waals surface area contributed by atoms with Crippen LogP contribution in [-0.2, 0) is 35.1 Å². The summed E-state index contributed by atoms with van der Waals surface area (Å²) in [7, 11) is 8.16. The zero-order valence-corrected chi connectivity index (χ0v) is 30.8. The number of Topliss-reactive ketones (excluding diaryl/α,β-unsaturated/α-hetero) is 1. The van der Waals surface area contributed by atoms with Crippen molar-refractivity contribution in [1.29, 1.82) is 0 Å². The van der Waals surface area contributed by atoms with Gasteiger partial charge in [0.1, 0.15) is 23.5 Å². The van der Waals surface area contributed by atoms with Crippen molar-refractivity contribution in [2.45, 2.75) is 115 Å². The highest BCUT2D eigenvalue weighted by Gasteiger charge is 2.58. The number of carboxylic acids is 1. The molecule has 0 bridgehead atoms. The number of hydrogen-bond acceptors (Lipinski definition) is 11. The highest BCUT2D eigenvalue weighted by molar-refractivity contribution is 6.16. The third kappa shape index (κ3) is 8.92. The number of aliphatic carboxylic acids is 1. The lowest BCUT2D eigenvalue weighted by Gasteiger charge is -2.41. The van der Waals surface area contributed by atoms with Gasteiger partial charge in [0.15, 0.2) is 5.60 Å². The lowest BCUT2D eigenvalue weighted by Crippen LogP contribution is -2.61. The first-order valence-electron chi connectivity index (χ1n) is 17.8. The number of hydrogen-bond donors (Lipinski definition) is 3. The number of unbranched alkanes of at least 4 members (excludes halogenated alkanes) is 1. The van der Waals surface area contributed by atoms with Crippen molar-refractivity contribution in [3.8, 4) is 11.3 Å². The fourth-order valence-corrected chi connectivity index (χ4v) is 7.72. The minimum atomic E-state index is -1.61. The summed E-state index contributed by atoms with van der Waals surface area (Å²) in [6.45, 7) is 12.4. The van der Waals surface area contributed by atoms with Crippen molar-refractivity contribution in [3.63, 3.8) is 0 Å². The van der Waals surface area contributed by atoms with E-state index in [0.29, 0.717) is 50.3 Å². The normalized spacial score (nSPS) is 32.4. The molecule has 3 heterocycles. The number of nitrogens with two attached hydrogens (primary N) is 1. The van der Waals surface area contributed by atoms with Gasteiger partial charge in [-0.3, -0.25) is 24.0 Å². The van der Waals surface area contributed by atoms with Crippen molar-refractivity contribution in [2.75, 3.05) is 25.9 Å². The number of methoxy groups -OCH3 is 1. The Morgan fingerprint density at radius 1 is 1.18 bits per heavy atom. The molecular weight excluding hydrogens is 655 g/mol. The fourth-order valence-electron chi connectivity index (χ4n) is 7.72. The average Bonchev–Trinajstić information content (AvgIpc) is 3.66. The van der Waals surface area contributed by atoms with Crippen LogP contribution in [-0.4, -0.2) is 106 Å². The van der Waals surface area contributed by atoms with E-state index in [9.17, 15) is 24.3 Å². The summed E-state index contributed by atoms with van der Waals surface area (Å²) in [5.74, 6) is -6.29. The van der Waals surface area contributed by atoms with Gasteiger partial charge in [0.05, 0.1) is 32.1 Å². The van der Waals surface area contributed by atoms with E-state index in [4.69, 9.17) is 27.8 Å². The number of amides is 1. The van der Waals surface area contributed by atoms with Crippen molar-refractivity contribution in [3.05, 3.63) is 30.5 Å². The third-order valence-corrected chi connectivity index (χ3v) is 10.7. The molecule has 2 aliphatic rings. The quantitative estimate of drug-likeness (QED) is 0.106. The Morgan fingerprint density at radius 3 is 2.53 bits per heavy atom. The van der Waals surface area contributed by atoms with Crippen LogP contribution in [0.5, 0.6) is 0 Å². The van der Waals surface area contributed by atoms with Crippen LogP contribution in [0.15, 0.2) is 30.5 Å². The van der Waals surface area contributed by atoms with Gasteiger partial charge in [-0.25, -0.2) is 4.79 Å². The van der Waals surface area contributed by atoms with Crippen LogP contribution in [0.4, 0.5) is 10.5 Å². The van der Waals surface area contributed by atoms with Crippen LogP contribution in [0.1, 0.15) is 73.6 Å². The predicted octanol–water partition coefficient (Wildman–Crippen LogP) is 3.88. The first-order valence-corrected chi connectivity index (χ1v) is 17.8. The SMILES string of the molecule is [B][C@@H]1[C@@H](C)C(=O)[C@@H](CC(=O)O)C(=O)O[C@H](CC)[C@@]2(C)OC(=O)N(CCCCn3cc(-c4cccc(N)c4)nn3)[C@@H]2[C@@H](C)NC[C@H](C)C[C@@]1(C)OC. The predicted molar refractivity (Wildman–Crippen MR) is 191 cm³/mol. The summed E-state index contributed by atoms with van der Waals surface area (Å²) in [4.78, 5) is 54.8. The second kappa shape index (κ2) is 16.6. The lowest BCUT2D eigenvalue weighted by atomic mass is 9.62. The zero-order chi connectivity index (χ0) is 37.7. The molecule has 1 aromatic heterocycles. The minimum Gasteiger partial charge on any atom is -0.481 e. The maximum atomic E-state index is 13.8. The molecule has 2 fully saturated rings. The van der Waals surface area contributed by atoms with E-state index < -0.39 is 71.2 Å². The molecule has 0 spiro atoms. The molecule has 4 rings (SSSR count). The van der Waals surface area contributed by atoms with Gasteiger partial charge in [0.25, 0.3) is 0 Å². The van der Waals surface area contributed by atoms with E-state index in [2.05, 4.69) is 15.6 Å². The molecule has 1 amide bonds. The standard InChI is InChI=1S/C36H53BN6O8/c1-8-28-36(6)32(43(34(48)51-36)15-10-9-14-42-20-27(40-41-42)24-12-11-13-25(38)16-24)23(4)39-19-21(2)18-35(5,49-7)31(37)22(3)30(46)26(17-29(44)45)33(47)50-28/h11-13,16,20-23,26,28,31-32,39H,8-10,14-15,17-19,38H2,1-7H3,(H,44,45)/t21-,22+,23-,26-,28-,31-,32-,35-,36-/m1/s1. The van der Waals surface area contributed by atoms with E-state index >= 15 is 0 Å². The molecule has 278 valence electrons. The number of fused-ring (bicyclic) bond motifs is 1. The number of benzene rings is 1. The number of anilines is 1. The molecule has 2 aromatic rings. The van der Waals surface area contributed by atoms with E-state index in [1.165, 1.54) is 7.11 Å². The Morgan fingerprint density at radius 2 is 1.88 bits per heavy atom. The first kappa shape index (κ1) is 39.8. The highest BCUT2D eigenvalue weighted by Crippen LogP contribution is 2.41. The largest absolute Gasteiger partial charge is 0.481 e. The number of carbonyl (C=O) groups excluding carboxylic acids is 3. The number of aromatic nitrogens is 3. The maximum absolute atomic E-state index is 13.8. The summed E-state index contributed by atoms with van der Waals surface area (Å²) < 4.78 is 19.7. The van der Waals surface area contributed by atoms with Gasteiger partial charge in [0, 0.05) is 43.4 Å². The van der Waals surface area contributed by atoms with Gasteiger partial charge in [0.2, 0.25) is 0 Å². The van der Waals surface area contributed by atoms with Crippen molar-refractivity contribution >= 4 is 37.3 Å². The van der Waals surface area contributed by atoms with Gasteiger partial charge in [-0.05, 0) is 76.9 Å². The molecule has 0 aliphatic carbocycles. The number of ether oxygens (including phenoxy) is 3. The molecular formula is C36H53BN6O8. The van der Waals surface area contributed by atoms with E-state index in [1.54, 1.807) is 30.4 Å². The first-order chi connectivity index (χ1) is 24.0. The Bertz CT molecular complexity index is 1560. The Balaban J connectivity index is 1.59. The minimum absolute atomic E-state index is 0.0168. The van der Waals surface area contributed by atoms with E-state index in [-0.39, 0.29) is 18.4 Å². The molecule has 2 radical (unpaired) electrons. The molecule has 51 heavy (non-hydrogen) atoms. The number of aryl methyl sites for hydroxylation is 1. The number of cyclic esters (lactones) is 1. The van der Waals surface area contributed by atoms with Gasteiger partial charge < -0.3 is 30.4 Å². The highest BCUT2D eigenvalue weighted by atomic mass is 16.6. The van der Waals surface area contributed by atoms with E-state index in [1.807, 2.05) is 51.2 Å². The summed E-state index contributed by atoms with van der Waals surface area (Å²) in [5.41, 5.74) is 5.85. The number of nitrogens with zero attached hydrogens (tertiary/aromatic N) is 4. The van der Waals surface area contributed by atoms with Crippen LogP contribution < -0.4 is 11.1 Å². The molecule has 14 nitrogen and oxygen atoms in total. The molecule has 9 atom stereocenters. The average molecular weight is 709 g/mol. The summed E-state index contributed by atoms with van der Waals surface area (Å²) >= 11 is 0. The van der Waals surface area contributed by atoms with Crippen LogP contribution in [0.2, 0.25) is 5.82 Å². The van der Waals surface area contributed by atoms with Gasteiger partial charge in [-0.15, -0.1) is 5.10 Å². The second-order valence-corrected chi connectivity index (χ2v) is 14.6. The number of ketones is 1. The molecule has 1 aromatic carbocycles. The fraction of sp³-hybridized carbons (Fsp3) is 0.667. The lowest BCUT2D eigenvalue weighted by molar-refractivity contribution is -0.173. The monoisotopic (exact) mass is 708 g/mol. The summed E-state index contributed by atoms with van der Waals surface area (Å²) in [5, 5.41) is 21.8. The van der Waals surface area contributed by atoms with Crippen LogP contribution in [0.3, 0.4) is 0 Å². The van der Waals surface area contributed by atoms with Crippen LogP contribution >= 0.6 is 0 Å². The number of nitrogens with one attached hydrogen (secondary N) is 1.